The third-order valence-electron chi connectivity index (χ3n) is 3.92. The van der Waals surface area contributed by atoms with Crippen LogP contribution in [0.5, 0.6) is 0 Å². The lowest BCUT2D eigenvalue weighted by Gasteiger charge is -2.23. The molecule has 3 N–H and O–H groups in total. The molecule has 0 atom stereocenters. The summed E-state index contributed by atoms with van der Waals surface area (Å²) in [5.41, 5.74) is 2.77. The topological polar surface area (TPSA) is 73.5 Å². The van der Waals surface area contributed by atoms with Crippen molar-refractivity contribution < 1.29 is 9.59 Å². The monoisotopic (exact) mass is 456 g/mol. The number of benzene rings is 2. The molecule has 9 heteroatoms. The summed E-state index contributed by atoms with van der Waals surface area (Å²) in [7, 11) is 0. The van der Waals surface area contributed by atoms with Crippen LogP contribution in [0.1, 0.15) is 6.42 Å². The molecule has 2 aromatic rings. The van der Waals surface area contributed by atoms with E-state index in [1.807, 2.05) is 24.3 Å². The Hall–Kier alpha value is -2.15. The summed E-state index contributed by atoms with van der Waals surface area (Å²) in [5, 5.41) is 8.24. The van der Waals surface area contributed by atoms with Gasteiger partial charge in [0.25, 0.3) is 0 Å². The lowest BCUT2D eigenvalue weighted by molar-refractivity contribution is -0.115. The van der Waals surface area contributed by atoms with Gasteiger partial charge in [-0.2, -0.15) is 0 Å². The van der Waals surface area contributed by atoms with E-state index in [-0.39, 0.29) is 24.2 Å². The molecule has 156 valence electrons. The largest absolute Gasteiger partial charge is 0.369 e. The quantitative estimate of drug-likeness (QED) is 0.430. The van der Waals surface area contributed by atoms with Crippen molar-refractivity contribution in [1.82, 2.24) is 0 Å². The third kappa shape index (κ3) is 8.01. The highest BCUT2D eigenvalue weighted by atomic mass is 35.5. The SMILES string of the molecule is O=C(CCCl)Nc1cccc(NC(=O)Nc2ccc(N(CCCl)CCCl)cc2)c1. The van der Waals surface area contributed by atoms with Crippen LogP contribution in [0.15, 0.2) is 48.5 Å². The average Bonchev–Trinajstić information content (AvgIpc) is 2.69. The maximum atomic E-state index is 12.3. The molecule has 0 bridgehead atoms. The van der Waals surface area contributed by atoms with Crippen LogP contribution >= 0.6 is 34.8 Å². The standard InChI is InChI=1S/C20H23Cl3N4O2/c21-9-8-19(28)24-16-2-1-3-17(14-16)26-20(29)25-15-4-6-18(7-5-15)27(12-10-22)13-11-23/h1-7,14H,8-13H2,(H,24,28)(H2,25,26,29). The average molecular weight is 458 g/mol. The van der Waals surface area contributed by atoms with E-state index in [9.17, 15) is 9.59 Å². The molecule has 0 fully saturated rings. The van der Waals surface area contributed by atoms with Gasteiger partial charge in [0.1, 0.15) is 0 Å². The van der Waals surface area contributed by atoms with E-state index in [2.05, 4.69) is 20.9 Å². The normalized spacial score (nSPS) is 10.3. The molecule has 0 aliphatic carbocycles. The van der Waals surface area contributed by atoms with Crippen molar-refractivity contribution in [3.8, 4) is 0 Å². The van der Waals surface area contributed by atoms with Crippen LogP contribution in [-0.2, 0) is 4.79 Å². The molecule has 0 aromatic heterocycles. The van der Waals surface area contributed by atoms with E-state index in [0.717, 1.165) is 5.69 Å². The number of nitrogens with zero attached hydrogens (tertiary/aromatic N) is 1. The third-order valence-corrected chi connectivity index (χ3v) is 4.45. The number of alkyl halides is 3. The molecule has 29 heavy (non-hydrogen) atoms. The van der Waals surface area contributed by atoms with Gasteiger partial charge in [-0.05, 0) is 42.5 Å². The summed E-state index contributed by atoms with van der Waals surface area (Å²) in [6, 6.07) is 13.9. The van der Waals surface area contributed by atoms with Gasteiger partial charge in [0, 0.05) is 59.9 Å². The van der Waals surface area contributed by atoms with Crippen molar-refractivity contribution in [2.24, 2.45) is 0 Å². The minimum atomic E-state index is -0.389. The van der Waals surface area contributed by atoms with E-state index in [1.165, 1.54) is 0 Å². The molecule has 0 unspecified atom stereocenters. The Morgan fingerprint density at radius 3 is 1.93 bits per heavy atom. The minimum absolute atomic E-state index is 0.181. The molecule has 0 aliphatic heterocycles. The maximum Gasteiger partial charge on any atom is 0.323 e. The minimum Gasteiger partial charge on any atom is -0.369 e. The van der Waals surface area contributed by atoms with Gasteiger partial charge in [0.15, 0.2) is 0 Å². The Morgan fingerprint density at radius 1 is 0.759 bits per heavy atom. The first kappa shape index (κ1) is 23.1. The van der Waals surface area contributed by atoms with Crippen LogP contribution in [0.4, 0.5) is 27.5 Å². The Balaban J connectivity index is 1.94. The zero-order valence-corrected chi connectivity index (χ0v) is 18.0. The molecule has 0 spiro atoms. The lowest BCUT2D eigenvalue weighted by Crippen LogP contribution is -2.27. The zero-order valence-electron chi connectivity index (χ0n) is 15.8. The van der Waals surface area contributed by atoms with E-state index >= 15 is 0 Å². The smallest absolute Gasteiger partial charge is 0.323 e. The van der Waals surface area contributed by atoms with Crippen LogP contribution in [-0.4, -0.2) is 42.7 Å². The molecular weight excluding hydrogens is 435 g/mol. The summed E-state index contributed by atoms with van der Waals surface area (Å²) in [5.74, 6) is 1.08. The van der Waals surface area contributed by atoms with Crippen molar-refractivity contribution in [3.05, 3.63) is 48.5 Å². The summed E-state index contributed by atoms with van der Waals surface area (Å²) in [6.45, 7) is 1.39. The van der Waals surface area contributed by atoms with Crippen molar-refractivity contribution in [2.75, 3.05) is 51.6 Å². The molecule has 2 aromatic carbocycles. The summed E-state index contributed by atoms with van der Waals surface area (Å²) < 4.78 is 0. The predicted octanol–water partition coefficient (Wildman–Crippen LogP) is 5.18. The van der Waals surface area contributed by atoms with Gasteiger partial charge in [-0.1, -0.05) is 6.07 Å². The highest BCUT2D eigenvalue weighted by Crippen LogP contribution is 2.19. The highest BCUT2D eigenvalue weighted by Gasteiger charge is 2.08. The number of rotatable bonds is 10. The van der Waals surface area contributed by atoms with E-state index < -0.39 is 0 Å². The number of amides is 3. The fourth-order valence-corrected chi connectivity index (χ4v) is 3.19. The van der Waals surface area contributed by atoms with Crippen LogP contribution in [0, 0.1) is 0 Å². The maximum absolute atomic E-state index is 12.3. The first-order valence-electron chi connectivity index (χ1n) is 9.06. The zero-order chi connectivity index (χ0) is 21.1. The summed E-state index contributed by atoms with van der Waals surface area (Å²) >= 11 is 17.2. The van der Waals surface area contributed by atoms with Crippen molar-refractivity contribution >= 4 is 69.5 Å². The summed E-state index contributed by atoms with van der Waals surface area (Å²) in [4.78, 5) is 26.0. The molecule has 0 heterocycles. The second-order valence-electron chi connectivity index (χ2n) is 6.06. The summed E-state index contributed by atoms with van der Waals surface area (Å²) in [6.07, 6.45) is 0.225. The molecule has 3 amide bonds. The fourth-order valence-electron chi connectivity index (χ4n) is 2.61. The predicted molar refractivity (Wildman–Crippen MR) is 123 cm³/mol. The van der Waals surface area contributed by atoms with Crippen LogP contribution in [0.3, 0.4) is 0 Å². The van der Waals surface area contributed by atoms with Crippen molar-refractivity contribution in [2.45, 2.75) is 6.42 Å². The van der Waals surface area contributed by atoms with Crippen molar-refractivity contribution in [1.29, 1.82) is 0 Å². The second kappa shape index (κ2) is 12.4. The molecule has 0 radical (unpaired) electrons. The number of halogens is 3. The van der Waals surface area contributed by atoms with Gasteiger partial charge < -0.3 is 20.9 Å². The number of urea groups is 1. The molecule has 0 saturated heterocycles. The number of carbonyl (C=O) groups is 2. The molecular formula is C20H23Cl3N4O2. The van der Waals surface area contributed by atoms with Gasteiger partial charge in [-0.15, -0.1) is 34.8 Å². The van der Waals surface area contributed by atoms with Gasteiger partial charge >= 0.3 is 6.03 Å². The Bertz CT molecular complexity index is 797. The molecule has 2 rings (SSSR count). The van der Waals surface area contributed by atoms with Gasteiger partial charge in [-0.25, -0.2) is 4.79 Å². The first-order chi connectivity index (χ1) is 14.0. The van der Waals surface area contributed by atoms with Gasteiger partial charge in [0.2, 0.25) is 5.91 Å². The van der Waals surface area contributed by atoms with Crippen LogP contribution in [0.25, 0.3) is 0 Å². The van der Waals surface area contributed by atoms with Crippen LogP contribution < -0.4 is 20.9 Å². The highest BCUT2D eigenvalue weighted by molar-refractivity contribution is 6.19. The number of nitrogens with one attached hydrogen (secondary N) is 3. The van der Waals surface area contributed by atoms with Gasteiger partial charge in [-0.3, -0.25) is 4.79 Å². The number of hydrogen-bond acceptors (Lipinski definition) is 3. The number of hydrogen-bond donors (Lipinski definition) is 3. The van der Waals surface area contributed by atoms with E-state index in [1.54, 1.807) is 24.3 Å². The Morgan fingerprint density at radius 2 is 1.34 bits per heavy atom. The fraction of sp³-hybridized carbons (Fsp3) is 0.300. The number of anilines is 4. The lowest BCUT2D eigenvalue weighted by atomic mass is 10.2. The van der Waals surface area contributed by atoms with Crippen molar-refractivity contribution in [3.63, 3.8) is 0 Å². The Labute approximate surface area is 185 Å². The molecule has 0 aliphatic rings. The Kier molecular flexibility index (Phi) is 9.91. The second-order valence-corrected chi connectivity index (χ2v) is 7.19. The van der Waals surface area contributed by atoms with Crippen LogP contribution in [0.2, 0.25) is 0 Å². The number of carbonyl (C=O) groups excluding carboxylic acids is 2. The van der Waals surface area contributed by atoms with E-state index in [4.69, 9.17) is 34.8 Å². The molecule has 0 saturated carbocycles. The molecule has 6 nitrogen and oxygen atoms in total. The first-order valence-corrected chi connectivity index (χ1v) is 10.7. The van der Waals surface area contributed by atoms with Gasteiger partial charge in [0.05, 0.1) is 0 Å². The van der Waals surface area contributed by atoms with E-state index in [0.29, 0.717) is 41.9 Å².